The molecule has 0 radical (unpaired) electrons. The number of carbonyl (C=O) groups excluding carboxylic acids is 2. The number of aryl methyl sites for hydroxylation is 3. The molecule has 0 saturated heterocycles. The van der Waals surface area contributed by atoms with Crippen molar-refractivity contribution in [2.75, 3.05) is 17.6 Å². The Morgan fingerprint density at radius 3 is 2.25 bits per heavy atom. The molecule has 2 amide bonds. The van der Waals surface area contributed by atoms with Gasteiger partial charge in [-0.25, -0.2) is 8.42 Å². The van der Waals surface area contributed by atoms with Crippen LogP contribution in [0.5, 0.6) is 0 Å². The Balaban J connectivity index is 1.88. The highest BCUT2D eigenvalue weighted by Gasteiger charge is 2.18. The van der Waals surface area contributed by atoms with E-state index in [9.17, 15) is 18.0 Å². The zero-order valence-electron chi connectivity index (χ0n) is 16.0. The first-order chi connectivity index (χ1) is 13.1. The molecule has 0 aliphatic rings. The minimum Gasteiger partial charge on any atom is -0.346 e. The molecular formula is C20H23BrN2O4S. The lowest BCUT2D eigenvalue weighted by atomic mass is 10.1. The van der Waals surface area contributed by atoms with Gasteiger partial charge in [0.15, 0.2) is 9.84 Å². The molecule has 0 aliphatic heterocycles. The van der Waals surface area contributed by atoms with Gasteiger partial charge in [0.2, 0.25) is 11.8 Å². The molecule has 0 unspecified atom stereocenters. The van der Waals surface area contributed by atoms with E-state index in [2.05, 4.69) is 26.6 Å². The van der Waals surface area contributed by atoms with E-state index in [1.165, 1.54) is 0 Å². The van der Waals surface area contributed by atoms with Crippen molar-refractivity contribution in [3.05, 3.63) is 63.1 Å². The maximum atomic E-state index is 12.2. The second-order valence-corrected chi connectivity index (χ2v) is 9.74. The van der Waals surface area contributed by atoms with Gasteiger partial charge in [-0.3, -0.25) is 9.59 Å². The summed E-state index contributed by atoms with van der Waals surface area (Å²) in [5.74, 6) is -2.03. The average Bonchev–Trinajstić information content (AvgIpc) is 2.55. The number of anilines is 1. The predicted molar refractivity (Wildman–Crippen MR) is 114 cm³/mol. The van der Waals surface area contributed by atoms with Gasteiger partial charge in [-0.2, -0.15) is 0 Å². The van der Waals surface area contributed by atoms with E-state index in [1.54, 1.807) is 24.3 Å². The van der Waals surface area contributed by atoms with Crippen molar-refractivity contribution in [2.24, 2.45) is 0 Å². The van der Waals surface area contributed by atoms with Crippen LogP contribution in [0, 0.1) is 20.8 Å². The lowest BCUT2D eigenvalue weighted by Crippen LogP contribution is -2.36. The van der Waals surface area contributed by atoms with E-state index in [0.29, 0.717) is 11.3 Å². The van der Waals surface area contributed by atoms with Crippen LogP contribution in [0.3, 0.4) is 0 Å². The molecule has 150 valence electrons. The van der Waals surface area contributed by atoms with Gasteiger partial charge in [0.25, 0.3) is 0 Å². The number of amides is 2. The van der Waals surface area contributed by atoms with Crippen molar-refractivity contribution >= 4 is 43.3 Å². The molecule has 0 heterocycles. The van der Waals surface area contributed by atoms with Crippen molar-refractivity contribution in [3.63, 3.8) is 0 Å². The van der Waals surface area contributed by atoms with Gasteiger partial charge in [0, 0.05) is 10.2 Å². The van der Waals surface area contributed by atoms with Gasteiger partial charge >= 0.3 is 0 Å². The number of hydrogen-bond donors (Lipinski definition) is 2. The summed E-state index contributed by atoms with van der Waals surface area (Å²) < 4.78 is 25.2. The smallest absolute Gasteiger partial charge is 0.243 e. The number of benzene rings is 2. The lowest BCUT2D eigenvalue weighted by Gasteiger charge is -2.13. The van der Waals surface area contributed by atoms with Gasteiger partial charge in [-0.15, -0.1) is 0 Å². The molecule has 0 atom stereocenters. The molecular weight excluding hydrogens is 444 g/mol. The maximum absolute atomic E-state index is 12.2. The van der Waals surface area contributed by atoms with E-state index in [1.807, 2.05) is 32.9 Å². The van der Waals surface area contributed by atoms with Crippen molar-refractivity contribution < 1.29 is 18.0 Å². The molecule has 0 fully saturated rings. The molecule has 0 saturated carbocycles. The van der Waals surface area contributed by atoms with Crippen LogP contribution in [-0.2, 0) is 25.2 Å². The number of halogens is 1. The number of rotatable bonds is 7. The van der Waals surface area contributed by atoms with E-state index in [0.717, 1.165) is 21.2 Å². The van der Waals surface area contributed by atoms with E-state index in [-0.39, 0.29) is 12.3 Å². The molecule has 0 aromatic heterocycles. The second kappa shape index (κ2) is 9.34. The summed E-state index contributed by atoms with van der Waals surface area (Å²) in [5.41, 5.74) is 4.23. The summed E-state index contributed by atoms with van der Waals surface area (Å²) in [6.07, 6.45) is 0. The molecule has 28 heavy (non-hydrogen) atoms. The van der Waals surface area contributed by atoms with Crippen molar-refractivity contribution in [1.82, 2.24) is 5.32 Å². The van der Waals surface area contributed by atoms with Crippen molar-refractivity contribution in [1.29, 1.82) is 0 Å². The van der Waals surface area contributed by atoms with E-state index in [4.69, 9.17) is 0 Å². The topological polar surface area (TPSA) is 92.3 Å². The Labute approximate surface area is 173 Å². The number of nitrogens with one attached hydrogen (secondary N) is 2. The van der Waals surface area contributed by atoms with Crippen LogP contribution >= 0.6 is 15.9 Å². The largest absolute Gasteiger partial charge is 0.346 e. The maximum Gasteiger partial charge on any atom is 0.243 e. The summed E-state index contributed by atoms with van der Waals surface area (Å²) in [5, 5.41) is 5.13. The van der Waals surface area contributed by atoms with Crippen molar-refractivity contribution in [3.8, 4) is 0 Å². The van der Waals surface area contributed by atoms with Gasteiger partial charge in [0.05, 0.1) is 12.3 Å². The minimum atomic E-state index is -3.64. The molecule has 2 N–H and O–H groups in total. The highest BCUT2D eigenvalue weighted by Crippen LogP contribution is 2.21. The van der Waals surface area contributed by atoms with Crippen LogP contribution in [0.1, 0.15) is 22.3 Å². The Bertz CT molecular complexity index is 980. The van der Waals surface area contributed by atoms with Crippen LogP contribution < -0.4 is 10.6 Å². The molecule has 8 heteroatoms. The fourth-order valence-electron chi connectivity index (χ4n) is 2.92. The van der Waals surface area contributed by atoms with Crippen LogP contribution in [0.15, 0.2) is 40.9 Å². The third-order valence-corrected chi connectivity index (χ3v) is 5.98. The first-order valence-electron chi connectivity index (χ1n) is 8.65. The third-order valence-electron chi connectivity index (χ3n) is 4.01. The summed E-state index contributed by atoms with van der Waals surface area (Å²) in [4.78, 5) is 24.1. The van der Waals surface area contributed by atoms with Crippen LogP contribution in [0.25, 0.3) is 0 Å². The van der Waals surface area contributed by atoms with Crippen LogP contribution in [0.4, 0.5) is 5.69 Å². The normalized spacial score (nSPS) is 11.1. The van der Waals surface area contributed by atoms with Crippen LogP contribution in [-0.4, -0.2) is 32.5 Å². The predicted octanol–water partition coefficient (Wildman–Crippen LogP) is 3.04. The van der Waals surface area contributed by atoms with Gasteiger partial charge < -0.3 is 10.6 Å². The zero-order valence-corrected chi connectivity index (χ0v) is 18.4. The standard InChI is InChI=1S/C20H23BrN2O4S/c1-13-7-14(2)20(15(3)8-13)23-18(24)10-22-19(25)12-28(26,27)11-16-5-4-6-17(21)9-16/h4-9H,10-12H2,1-3H3,(H,22,25)(H,23,24). The van der Waals surface area contributed by atoms with Gasteiger partial charge in [0.1, 0.15) is 5.75 Å². The summed E-state index contributed by atoms with van der Waals surface area (Å²) >= 11 is 3.28. The molecule has 0 spiro atoms. The molecule has 0 aliphatic carbocycles. The number of hydrogen-bond acceptors (Lipinski definition) is 4. The van der Waals surface area contributed by atoms with Gasteiger partial charge in [-0.1, -0.05) is 45.8 Å². The Morgan fingerprint density at radius 2 is 1.64 bits per heavy atom. The highest BCUT2D eigenvalue weighted by molar-refractivity contribution is 9.10. The van der Waals surface area contributed by atoms with E-state index < -0.39 is 27.4 Å². The quantitative estimate of drug-likeness (QED) is 0.655. The fourth-order valence-corrected chi connectivity index (χ4v) is 4.66. The Kier molecular flexibility index (Phi) is 7.37. The van der Waals surface area contributed by atoms with Gasteiger partial charge in [-0.05, 0) is 49.6 Å². The fraction of sp³-hybridized carbons (Fsp3) is 0.300. The first-order valence-corrected chi connectivity index (χ1v) is 11.3. The third kappa shape index (κ3) is 6.76. The minimum absolute atomic E-state index is 0.242. The number of carbonyl (C=O) groups is 2. The van der Waals surface area contributed by atoms with Crippen molar-refractivity contribution in [2.45, 2.75) is 26.5 Å². The Hall–Kier alpha value is -2.19. The molecule has 2 rings (SSSR count). The first kappa shape index (κ1) is 22.1. The number of sulfone groups is 1. The summed E-state index contributed by atoms with van der Waals surface area (Å²) in [6, 6.07) is 10.8. The zero-order chi connectivity index (χ0) is 20.9. The average molecular weight is 467 g/mol. The SMILES string of the molecule is Cc1cc(C)c(NC(=O)CNC(=O)CS(=O)(=O)Cc2cccc(Br)c2)c(C)c1. The van der Waals surface area contributed by atoms with E-state index >= 15 is 0 Å². The Morgan fingerprint density at radius 1 is 1.00 bits per heavy atom. The highest BCUT2D eigenvalue weighted by atomic mass is 79.9. The second-order valence-electron chi connectivity index (χ2n) is 6.76. The summed E-state index contributed by atoms with van der Waals surface area (Å²) in [6.45, 7) is 5.46. The monoisotopic (exact) mass is 466 g/mol. The molecule has 2 aromatic rings. The molecule has 6 nitrogen and oxygen atoms in total. The lowest BCUT2D eigenvalue weighted by molar-refractivity contribution is -0.122. The molecule has 0 bridgehead atoms. The molecule has 2 aromatic carbocycles. The van der Waals surface area contributed by atoms with Crippen LogP contribution in [0.2, 0.25) is 0 Å². The summed E-state index contributed by atoms with van der Waals surface area (Å²) in [7, 11) is -3.64.